The average Bonchev–Trinajstić information content (AvgIpc) is 3.26. The van der Waals surface area contributed by atoms with E-state index in [0.29, 0.717) is 12.1 Å². The van der Waals surface area contributed by atoms with E-state index in [1.54, 1.807) is 6.07 Å². The molecule has 3 nitrogen and oxygen atoms in total. The van der Waals surface area contributed by atoms with Crippen molar-refractivity contribution < 1.29 is 9.18 Å². The van der Waals surface area contributed by atoms with Crippen LogP contribution in [0.3, 0.4) is 0 Å². The van der Waals surface area contributed by atoms with Crippen molar-refractivity contribution in [2.24, 2.45) is 11.8 Å². The summed E-state index contributed by atoms with van der Waals surface area (Å²) in [6, 6.07) is 32.1. The third-order valence-corrected chi connectivity index (χ3v) is 8.56. The van der Waals surface area contributed by atoms with Crippen LogP contribution < -0.4 is 4.90 Å². The second kappa shape index (κ2) is 10.8. The van der Waals surface area contributed by atoms with Gasteiger partial charge in [0.2, 0.25) is 5.91 Å². The van der Waals surface area contributed by atoms with Crippen molar-refractivity contribution in [1.29, 1.82) is 0 Å². The quantitative estimate of drug-likeness (QED) is 0.236. The normalized spacial score (nSPS) is 21.9. The molecule has 0 aromatic heterocycles. The number of fused-ring (bicyclic) bond motifs is 1. The van der Waals surface area contributed by atoms with Crippen molar-refractivity contribution in [2.45, 2.75) is 31.8 Å². The van der Waals surface area contributed by atoms with E-state index < -0.39 is 0 Å². The van der Waals surface area contributed by atoms with Gasteiger partial charge in [-0.3, -0.25) is 4.79 Å². The first-order valence-corrected chi connectivity index (χ1v) is 14.1. The van der Waals surface area contributed by atoms with Crippen molar-refractivity contribution in [1.82, 2.24) is 4.90 Å². The fourth-order valence-electron chi connectivity index (χ4n) is 6.56. The van der Waals surface area contributed by atoms with Crippen molar-refractivity contribution >= 4 is 11.6 Å². The zero-order chi connectivity index (χ0) is 27.8. The first-order valence-electron chi connectivity index (χ1n) is 14.1. The molecule has 0 N–H and O–H groups in total. The van der Waals surface area contributed by atoms with Gasteiger partial charge in [-0.2, -0.15) is 0 Å². The van der Waals surface area contributed by atoms with Crippen molar-refractivity contribution in [3.8, 4) is 11.1 Å². The summed E-state index contributed by atoms with van der Waals surface area (Å²) in [5.41, 5.74) is 7.27. The maximum Gasteiger partial charge on any atom is 0.227 e. The van der Waals surface area contributed by atoms with Crippen LogP contribution in [0.25, 0.3) is 11.1 Å². The van der Waals surface area contributed by atoms with Crippen LogP contribution in [0.5, 0.6) is 0 Å². The number of anilines is 1. The minimum absolute atomic E-state index is 0.0274. The number of aryl methyl sites for hydroxylation is 1. The highest BCUT2D eigenvalue weighted by Crippen LogP contribution is 2.52. The van der Waals surface area contributed by atoms with Crippen molar-refractivity contribution in [3.05, 3.63) is 137 Å². The number of allylic oxidation sites excluding steroid dienone is 1. The Bertz CT molecular complexity index is 1540. The first kappa shape index (κ1) is 26.1. The Morgan fingerprint density at radius 2 is 1.65 bits per heavy atom. The molecule has 4 aromatic rings. The number of likely N-dealkylation sites (tertiary alicyclic amines) is 1. The smallest absolute Gasteiger partial charge is 0.227 e. The van der Waals surface area contributed by atoms with E-state index in [1.807, 2.05) is 62.3 Å². The van der Waals surface area contributed by atoms with Crippen LogP contribution in [0.15, 0.2) is 109 Å². The Morgan fingerprint density at radius 3 is 2.40 bits per heavy atom. The SMILES string of the molecule is Cc1ccc(F)c([C@H]2[C@@H]3C=CC[C@H](c4cccc(-c5ccc(N(C)C)cc5)c4)[C@H]3C(=O)N2Cc2ccccc2)c1. The van der Waals surface area contributed by atoms with E-state index >= 15 is 4.39 Å². The molecule has 4 aromatic carbocycles. The minimum atomic E-state index is -0.349. The Labute approximate surface area is 236 Å². The van der Waals surface area contributed by atoms with Gasteiger partial charge < -0.3 is 9.80 Å². The largest absolute Gasteiger partial charge is 0.378 e. The molecule has 1 aliphatic carbocycles. The van der Waals surface area contributed by atoms with Crippen LogP contribution in [0.2, 0.25) is 0 Å². The molecule has 1 amide bonds. The summed E-state index contributed by atoms with van der Waals surface area (Å²) in [4.78, 5) is 18.3. The third kappa shape index (κ3) is 4.83. The van der Waals surface area contributed by atoms with Gasteiger partial charge >= 0.3 is 0 Å². The fraction of sp³-hybridized carbons (Fsp3) is 0.250. The maximum atomic E-state index is 15.4. The maximum absolute atomic E-state index is 15.4. The zero-order valence-corrected chi connectivity index (χ0v) is 23.3. The van der Waals surface area contributed by atoms with Gasteiger partial charge in [0.25, 0.3) is 0 Å². The molecule has 4 atom stereocenters. The van der Waals surface area contributed by atoms with Gasteiger partial charge in [0, 0.05) is 37.8 Å². The lowest BCUT2D eigenvalue weighted by Gasteiger charge is -2.31. The van der Waals surface area contributed by atoms with Crippen LogP contribution in [0.1, 0.15) is 40.6 Å². The van der Waals surface area contributed by atoms with E-state index in [-0.39, 0.29) is 35.5 Å². The lowest BCUT2D eigenvalue weighted by Crippen LogP contribution is -2.31. The number of hydrogen-bond donors (Lipinski definition) is 0. The lowest BCUT2D eigenvalue weighted by molar-refractivity contribution is -0.133. The van der Waals surface area contributed by atoms with Gasteiger partial charge in [0.05, 0.1) is 12.0 Å². The van der Waals surface area contributed by atoms with Crippen LogP contribution in [0.4, 0.5) is 10.1 Å². The number of benzene rings is 4. The predicted molar refractivity (Wildman–Crippen MR) is 161 cm³/mol. The highest BCUT2D eigenvalue weighted by molar-refractivity contribution is 5.84. The van der Waals surface area contributed by atoms with Crippen molar-refractivity contribution in [2.75, 3.05) is 19.0 Å². The molecule has 202 valence electrons. The van der Waals surface area contributed by atoms with Gasteiger partial charge in [0.1, 0.15) is 5.82 Å². The third-order valence-electron chi connectivity index (χ3n) is 8.56. The number of amides is 1. The zero-order valence-electron chi connectivity index (χ0n) is 23.3. The topological polar surface area (TPSA) is 23.6 Å². The van der Waals surface area contributed by atoms with E-state index in [9.17, 15) is 4.79 Å². The number of hydrogen-bond acceptors (Lipinski definition) is 2. The number of carbonyl (C=O) groups excluding carboxylic acids is 1. The molecule has 1 aliphatic heterocycles. The summed E-state index contributed by atoms with van der Waals surface area (Å²) in [5.74, 6) is -0.463. The Morgan fingerprint density at radius 1 is 0.875 bits per heavy atom. The van der Waals surface area contributed by atoms with E-state index in [1.165, 1.54) is 6.07 Å². The van der Waals surface area contributed by atoms with Crippen LogP contribution in [-0.4, -0.2) is 24.9 Å². The predicted octanol–water partition coefficient (Wildman–Crippen LogP) is 7.93. The standard InChI is InChI=1S/C36H35FN2O/c1-24-15-20-33(37)32(21-24)35-31-14-8-13-30(34(31)36(40)39(35)23-25-9-5-4-6-10-25)28-12-7-11-27(22-28)26-16-18-29(19-17-26)38(2)3/h4-12,14-22,30-31,34-35H,13,23H2,1-3H3/t30-,31-,34-,35-/m1/s1. The van der Waals surface area contributed by atoms with Crippen LogP contribution in [0, 0.1) is 24.6 Å². The minimum Gasteiger partial charge on any atom is -0.378 e. The average molecular weight is 531 g/mol. The number of halogens is 1. The highest BCUT2D eigenvalue weighted by Gasteiger charge is 2.52. The molecule has 40 heavy (non-hydrogen) atoms. The Balaban J connectivity index is 1.39. The second-order valence-electron chi connectivity index (χ2n) is 11.4. The van der Waals surface area contributed by atoms with Gasteiger partial charge in [-0.1, -0.05) is 96.6 Å². The van der Waals surface area contributed by atoms with Gasteiger partial charge in [-0.25, -0.2) is 4.39 Å². The Hall–Kier alpha value is -4.18. The Kier molecular flexibility index (Phi) is 7.02. The summed E-state index contributed by atoms with van der Waals surface area (Å²) in [7, 11) is 4.08. The van der Waals surface area contributed by atoms with Crippen molar-refractivity contribution in [3.63, 3.8) is 0 Å². The molecular formula is C36H35FN2O. The summed E-state index contributed by atoms with van der Waals surface area (Å²) in [6.45, 7) is 2.44. The summed E-state index contributed by atoms with van der Waals surface area (Å²) in [5, 5.41) is 0. The molecule has 4 heteroatoms. The molecule has 1 heterocycles. The van der Waals surface area contributed by atoms with Crippen LogP contribution in [-0.2, 0) is 11.3 Å². The highest BCUT2D eigenvalue weighted by atomic mass is 19.1. The molecular weight excluding hydrogens is 495 g/mol. The first-order chi connectivity index (χ1) is 19.4. The number of nitrogens with zero attached hydrogens (tertiary/aromatic N) is 2. The van der Waals surface area contributed by atoms with E-state index in [2.05, 4.69) is 65.6 Å². The molecule has 0 radical (unpaired) electrons. The van der Waals surface area contributed by atoms with Gasteiger partial charge in [-0.15, -0.1) is 0 Å². The summed E-state index contributed by atoms with van der Waals surface area (Å²) in [6.07, 6.45) is 5.16. The summed E-state index contributed by atoms with van der Waals surface area (Å²) >= 11 is 0. The number of carbonyl (C=O) groups is 1. The molecule has 0 saturated carbocycles. The van der Waals surface area contributed by atoms with Gasteiger partial charge in [0.15, 0.2) is 0 Å². The van der Waals surface area contributed by atoms with E-state index in [0.717, 1.165) is 39.9 Å². The van der Waals surface area contributed by atoms with Crippen LogP contribution >= 0.6 is 0 Å². The molecule has 0 unspecified atom stereocenters. The monoisotopic (exact) mass is 530 g/mol. The number of rotatable bonds is 6. The van der Waals surface area contributed by atoms with Gasteiger partial charge in [-0.05, 0) is 59.7 Å². The van der Waals surface area contributed by atoms with E-state index in [4.69, 9.17) is 0 Å². The molecule has 2 aliphatic rings. The lowest BCUT2D eigenvalue weighted by atomic mass is 9.71. The second-order valence-corrected chi connectivity index (χ2v) is 11.4. The molecule has 1 fully saturated rings. The molecule has 0 bridgehead atoms. The molecule has 0 spiro atoms. The molecule has 6 rings (SSSR count). The fourth-order valence-corrected chi connectivity index (χ4v) is 6.56. The summed E-state index contributed by atoms with van der Waals surface area (Å²) < 4.78 is 15.4. The molecule has 1 saturated heterocycles.